The van der Waals surface area contributed by atoms with Gasteiger partial charge in [-0.2, -0.15) is 0 Å². The first-order chi connectivity index (χ1) is 12.0. The first-order valence-corrected chi connectivity index (χ1v) is 10.1. The van der Waals surface area contributed by atoms with Crippen molar-refractivity contribution in [2.75, 3.05) is 40.9 Å². The van der Waals surface area contributed by atoms with Crippen LogP contribution in [-0.4, -0.2) is 60.2 Å². The van der Waals surface area contributed by atoms with Gasteiger partial charge in [-0.05, 0) is 24.6 Å². The SMILES string of the molecule is CN=C(NCc1ccc(CS(=O)(=O)NC)cc1)N1CCC(COC)C1.I. The highest BCUT2D eigenvalue weighted by atomic mass is 127. The van der Waals surface area contributed by atoms with Gasteiger partial charge in [-0.3, -0.25) is 4.99 Å². The van der Waals surface area contributed by atoms with E-state index >= 15 is 0 Å². The number of sulfonamides is 1. The highest BCUT2D eigenvalue weighted by molar-refractivity contribution is 14.0. The molecule has 2 N–H and O–H groups in total. The summed E-state index contributed by atoms with van der Waals surface area (Å²) in [7, 11) is 1.71. The minimum atomic E-state index is -3.24. The van der Waals surface area contributed by atoms with Gasteiger partial charge in [0.25, 0.3) is 0 Å². The summed E-state index contributed by atoms with van der Waals surface area (Å²) in [6, 6.07) is 7.58. The maximum Gasteiger partial charge on any atom is 0.215 e. The lowest BCUT2D eigenvalue weighted by Crippen LogP contribution is -2.39. The molecule has 7 nitrogen and oxygen atoms in total. The van der Waals surface area contributed by atoms with Crippen LogP contribution in [0.2, 0.25) is 0 Å². The number of nitrogens with one attached hydrogen (secondary N) is 2. The van der Waals surface area contributed by atoms with Gasteiger partial charge < -0.3 is 15.0 Å². The Bertz CT molecular complexity index is 680. The number of hydrogen-bond donors (Lipinski definition) is 2. The average molecular weight is 496 g/mol. The predicted molar refractivity (Wildman–Crippen MR) is 115 cm³/mol. The van der Waals surface area contributed by atoms with Gasteiger partial charge in [0.2, 0.25) is 10.0 Å². The second-order valence-corrected chi connectivity index (χ2v) is 8.16. The molecule has 1 aliphatic heterocycles. The third-order valence-electron chi connectivity index (χ3n) is 4.34. The number of halogens is 1. The number of hydrogen-bond acceptors (Lipinski definition) is 4. The molecular weight excluding hydrogens is 467 g/mol. The van der Waals surface area contributed by atoms with Crippen LogP contribution in [0.5, 0.6) is 0 Å². The van der Waals surface area contributed by atoms with Crippen LogP contribution in [0.3, 0.4) is 0 Å². The molecule has 1 unspecified atom stereocenters. The zero-order valence-corrected chi connectivity index (χ0v) is 18.7. The first-order valence-electron chi connectivity index (χ1n) is 8.41. The lowest BCUT2D eigenvalue weighted by molar-refractivity contribution is 0.157. The molecule has 0 spiro atoms. The van der Waals surface area contributed by atoms with E-state index in [-0.39, 0.29) is 29.7 Å². The Morgan fingerprint density at radius 1 is 1.31 bits per heavy atom. The molecule has 0 saturated carbocycles. The number of guanidine groups is 1. The molecule has 1 atom stereocenters. The molecule has 148 valence electrons. The number of benzene rings is 1. The van der Waals surface area contributed by atoms with Gasteiger partial charge in [0, 0.05) is 39.7 Å². The number of rotatable bonds is 7. The highest BCUT2D eigenvalue weighted by Gasteiger charge is 2.24. The maximum atomic E-state index is 11.6. The number of methoxy groups -OCH3 is 1. The summed E-state index contributed by atoms with van der Waals surface area (Å²) < 4.78 is 30.7. The van der Waals surface area contributed by atoms with Crippen LogP contribution < -0.4 is 10.0 Å². The molecule has 1 aromatic rings. The third kappa shape index (κ3) is 7.01. The van der Waals surface area contributed by atoms with Crippen molar-refractivity contribution in [3.05, 3.63) is 35.4 Å². The summed E-state index contributed by atoms with van der Waals surface area (Å²) in [6.07, 6.45) is 1.11. The summed E-state index contributed by atoms with van der Waals surface area (Å²) in [6.45, 7) is 3.37. The van der Waals surface area contributed by atoms with Gasteiger partial charge in [-0.25, -0.2) is 13.1 Å². The summed E-state index contributed by atoms with van der Waals surface area (Å²) in [5, 5.41) is 3.37. The smallest absolute Gasteiger partial charge is 0.215 e. The number of nitrogens with zero attached hydrogens (tertiary/aromatic N) is 2. The van der Waals surface area contributed by atoms with Crippen molar-refractivity contribution in [1.82, 2.24) is 14.9 Å². The third-order valence-corrected chi connectivity index (χ3v) is 5.68. The van der Waals surface area contributed by atoms with E-state index in [0.717, 1.165) is 43.2 Å². The fraction of sp³-hybridized carbons (Fsp3) is 0.588. The molecule has 0 amide bonds. The Labute approximate surface area is 173 Å². The Balaban J connectivity index is 0.00000338. The maximum absolute atomic E-state index is 11.6. The van der Waals surface area contributed by atoms with Gasteiger partial charge in [-0.1, -0.05) is 24.3 Å². The Morgan fingerprint density at radius 2 is 1.96 bits per heavy atom. The number of likely N-dealkylation sites (tertiary alicyclic amines) is 1. The second kappa shape index (κ2) is 11.1. The standard InChI is InChI=1S/C17H28N4O3S.HI/c1-18-17(21-9-8-16(11-21)12-24-3)20-10-14-4-6-15(7-5-14)13-25(22,23)19-2;/h4-7,16,19H,8-13H2,1-3H3,(H,18,20);1H. The van der Waals surface area contributed by atoms with E-state index in [1.165, 1.54) is 7.05 Å². The minimum absolute atomic E-state index is 0. The summed E-state index contributed by atoms with van der Waals surface area (Å²) in [5.41, 5.74) is 1.85. The Kier molecular flexibility index (Phi) is 9.83. The molecule has 0 aromatic heterocycles. The molecule has 0 aliphatic carbocycles. The quantitative estimate of drug-likeness (QED) is 0.339. The van der Waals surface area contributed by atoms with E-state index < -0.39 is 10.0 Å². The summed E-state index contributed by atoms with van der Waals surface area (Å²) >= 11 is 0. The molecule has 1 fully saturated rings. The molecule has 9 heteroatoms. The molecule has 26 heavy (non-hydrogen) atoms. The average Bonchev–Trinajstić information content (AvgIpc) is 3.05. The Morgan fingerprint density at radius 3 is 2.54 bits per heavy atom. The van der Waals surface area contributed by atoms with Crippen molar-refractivity contribution in [3.63, 3.8) is 0 Å². The zero-order chi connectivity index (χ0) is 18.3. The van der Waals surface area contributed by atoms with Crippen molar-refractivity contribution in [3.8, 4) is 0 Å². The van der Waals surface area contributed by atoms with E-state index in [4.69, 9.17) is 4.74 Å². The van der Waals surface area contributed by atoms with Gasteiger partial charge in [0.05, 0.1) is 12.4 Å². The normalized spacial score (nSPS) is 17.9. The van der Waals surface area contributed by atoms with E-state index in [0.29, 0.717) is 12.5 Å². The summed E-state index contributed by atoms with van der Waals surface area (Å²) in [5.74, 6) is 1.44. The second-order valence-electron chi connectivity index (χ2n) is 6.24. The van der Waals surface area contributed by atoms with Crippen LogP contribution in [0.4, 0.5) is 0 Å². The van der Waals surface area contributed by atoms with Crippen molar-refractivity contribution < 1.29 is 13.2 Å². The molecule has 0 bridgehead atoms. The first kappa shape index (κ1) is 23.1. The molecule has 2 rings (SSSR count). The minimum Gasteiger partial charge on any atom is -0.384 e. The van der Waals surface area contributed by atoms with E-state index in [9.17, 15) is 8.42 Å². The predicted octanol–water partition coefficient (Wildman–Crippen LogP) is 1.40. The van der Waals surface area contributed by atoms with Crippen molar-refractivity contribution in [2.45, 2.75) is 18.7 Å². The van der Waals surface area contributed by atoms with Crippen LogP contribution >= 0.6 is 24.0 Å². The molecule has 1 aliphatic rings. The van der Waals surface area contributed by atoms with Crippen LogP contribution in [0, 0.1) is 5.92 Å². The van der Waals surface area contributed by atoms with Crippen molar-refractivity contribution in [2.24, 2.45) is 10.9 Å². The molecule has 0 radical (unpaired) electrons. The van der Waals surface area contributed by atoms with Crippen LogP contribution in [0.25, 0.3) is 0 Å². The van der Waals surface area contributed by atoms with Crippen molar-refractivity contribution >= 4 is 40.0 Å². The van der Waals surface area contributed by atoms with E-state index in [1.807, 2.05) is 24.3 Å². The van der Waals surface area contributed by atoms with Gasteiger partial charge in [0.15, 0.2) is 5.96 Å². The Hall–Kier alpha value is -0.910. The largest absolute Gasteiger partial charge is 0.384 e. The van der Waals surface area contributed by atoms with Crippen LogP contribution in [0.15, 0.2) is 29.3 Å². The van der Waals surface area contributed by atoms with Crippen LogP contribution in [-0.2, 0) is 27.1 Å². The summed E-state index contributed by atoms with van der Waals surface area (Å²) in [4.78, 5) is 6.61. The molecule has 1 heterocycles. The lowest BCUT2D eigenvalue weighted by Gasteiger charge is -2.21. The number of ether oxygens (including phenoxy) is 1. The van der Waals surface area contributed by atoms with Gasteiger partial charge >= 0.3 is 0 Å². The van der Waals surface area contributed by atoms with E-state index in [2.05, 4.69) is 19.9 Å². The molecular formula is C17H29IN4O3S. The van der Waals surface area contributed by atoms with Crippen molar-refractivity contribution in [1.29, 1.82) is 0 Å². The van der Waals surface area contributed by atoms with E-state index in [1.54, 1.807) is 14.2 Å². The van der Waals surface area contributed by atoms with Gasteiger partial charge in [-0.15, -0.1) is 24.0 Å². The van der Waals surface area contributed by atoms with Crippen LogP contribution in [0.1, 0.15) is 17.5 Å². The lowest BCUT2D eigenvalue weighted by atomic mass is 10.1. The fourth-order valence-corrected chi connectivity index (χ4v) is 3.73. The fourth-order valence-electron chi connectivity index (χ4n) is 2.96. The molecule has 1 aromatic carbocycles. The van der Waals surface area contributed by atoms with Gasteiger partial charge in [0.1, 0.15) is 0 Å². The topological polar surface area (TPSA) is 83.0 Å². The monoisotopic (exact) mass is 496 g/mol. The highest BCUT2D eigenvalue weighted by Crippen LogP contribution is 2.16. The number of aliphatic imine (C=N–C) groups is 1. The zero-order valence-electron chi connectivity index (χ0n) is 15.6. The molecule has 1 saturated heterocycles.